The molecule has 0 saturated carbocycles. The van der Waals surface area contributed by atoms with E-state index in [-0.39, 0.29) is 29.1 Å². The third kappa shape index (κ3) is 85.0. The van der Waals surface area contributed by atoms with Gasteiger partial charge < -0.3 is 29.3 Å². The zero-order valence-electron chi connectivity index (χ0n) is 8.21. The van der Waals surface area contributed by atoms with Gasteiger partial charge >= 0.3 is 21.7 Å². The van der Waals surface area contributed by atoms with Crippen molar-refractivity contribution in [2.75, 3.05) is 20.8 Å². The molecule has 0 heterocycles. The van der Waals surface area contributed by atoms with Crippen LogP contribution in [0.1, 0.15) is 6.42 Å². The first-order chi connectivity index (χ1) is 4.91. The quantitative estimate of drug-likeness (QED) is 0.318. The molecule has 0 saturated heterocycles. The molecular formula is C8H20O3Ti. The summed E-state index contributed by atoms with van der Waals surface area (Å²) in [6, 6.07) is 0. The minimum Gasteiger partial charge on any atom is -0.504 e. The Kier molecular flexibility index (Phi) is 163. The Hall–Kier alpha value is 0.174. The summed E-state index contributed by atoms with van der Waals surface area (Å²) in [6.07, 6.45) is 2.23. The molecule has 2 N–H and O–H groups in total. The summed E-state index contributed by atoms with van der Waals surface area (Å²) in [5.74, 6) is 0. The molecule has 74 valence electrons. The van der Waals surface area contributed by atoms with Gasteiger partial charge in [0, 0.05) is 14.2 Å². The second-order valence-corrected chi connectivity index (χ2v) is 0.891. The molecule has 0 aromatic heterocycles. The topological polar surface area (TPSA) is 49.7 Å². The van der Waals surface area contributed by atoms with Gasteiger partial charge in [0.15, 0.2) is 0 Å². The van der Waals surface area contributed by atoms with Gasteiger partial charge in [-0.15, -0.1) is 6.42 Å². The Bertz CT molecular complexity index is 43.3. The SMILES string of the molecule is C=COCC[CH2-].CO.CO.[CH3-].[Ti+2]. The number of hydrogen-bond acceptors (Lipinski definition) is 3. The molecule has 0 atom stereocenters. The number of rotatable bonds is 3. The summed E-state index contributed by atoms with van der Waals surface area (Å²) in [4.78, 5) is 0. The summed E-state index contributed by atoms with van der Waals surface area (Å²) >= 11 is 0. The number of hydrogen-bond donors (Lipinski definition) is 2. The molecule has 0 aliphatic heterocycles. The molecule has 0 aliphatic rings. The molecule has 0 spiro atoms. The monoisotopic (exact) mass is 212 g/mol. The van der Waals surface area contributed by atoms with Gasteiger partial charge in [0.25, 0.3) is 0 Å². The van der Waals surface area contributed by atoms with E-state index in [4.69, 9.17) is 10.2 Å². The summed E-state index contributed by atoms with van der Waals surface area (Å²) in [5, 5.41) is 14.0. The van der Waals surface area contributed by atoms with Crippen LogP contribution < -0.4 is 0 Å². The van der Waals surface area contributed by atoms with Crippen molar-refractivity contribution in [1.29, 1.82) is 0 Å². The first-order valence-electron chi connectivity index (χ1n) is 2.83. The predicted octanol–water partition coefficient (Wildman–Crippen LogP) is 1.04. The third-order valence-electron chi connectivity index (χ3n) is 0.380. The molecule has 3 nitrogen and oxygen atoms in total. The molecule has 0 aromatic carbocycles. The summed E-state index contributed by atoms with van der Waals surface area (Å²) in [7, 11) is 2.00. The van der Waals surface area contributed by atoms with E-state index in [0.29, 0.717) is 6.61 Å². The maximum absolute atomic E-state index is 7.00. The van der Waals surface area contributed by atoms with Crippen molar-refractivity contribution < 1.29 is 36.7 Å². The van der Waals surface area contributed by atoms with Crippen LogP contribution in [0.4, 0.5) is 0 Å². The van der Waals surface area contributed by atoms with E-state index < -0.39 is 0 Å². The molecule has 0 radical (unpaired) electrons. The standard InChI is InChI=1S/C5H9O.2CH4O.CH3.Ti/c1-3-5-6-4-2;2*1-2;;/h4H,1-3,5H2;2*2H,1H3;1H3;/q-1;;;-1;+2. The van der Waals surface area contributed by atoms with Gasteiger partial charge in [-0.25, -0.2) is 0 Å². The molecule has 0 fully saturated rings. The molecule has 0 unspecified atom stereocenters. The Morgan fingerprint density at radius 2 is 1.67 bits per heavy atom. The number of ether oxygens (including phenoxy) is 1. The third-order valence-corrected chi connectivity index (χ3v) is 0.380. The zero-order chi connectivity index (χ0) is 8.83. The zero-order valence-corrected chi connectivity index (χ0v) is 9.77. The van der Waals surface area contributed by atoms with Gasteiger partial charge in [0.05, 0.1) is 12.9 Å². The first-order valence-corrected chi connectivity index (χ1v) is 2.83. The number of aliphatic hydroxyl groups excluding tert-OH is 2. The van der Waals surface area contributed by atoms with E-state index in [9.17, 15) is 0 Å². The molecule has 0 rings (SSSR count). The van der Waals surface area contributed by atoms with Crippen molar-refractivity contribution in [2.24, 2.45) is 0 Å². The van der Waals surface area contributed by atoms with Gasteiger partial charge in [-0.1, -0.05) is 6.58 Å². The van der Waals surface area contributed by atoms with Crippen LogP contribution >= 0.6 is 0 Å². The van der Waals surface area contributed by atoms with E-state index >= 15 is 0 Å². The molecule has 12 heavy (non-hydrogen) atoms. The van der Waals surface area contributed by atoms with Crippen molar-refractivity contribution in [2.45, 2.75) is 6.42 Å². The van der Waals surface area contributed by atoms with Crippen LogP contribution in [-0.4, -0.2) is 31.0 Å². The largest absolute Gasteiger partial charge is 2.00 e. The average Bonchev–Trinajstić information content (AvgIpc) is 2.08. The predicted molar refractivity (Wildman–Crippen MR) is 48.8 cm³/mol. The molecule has 0 aromatic rings. The molecular weight excluding hydrogens is 192 g/mol. The Morgan fingerprint density at radius 1 is 1.33 bits per heavy atom. The second-order valence-electron chi connectivity index (χ2n) is 0.891. The fraction of sp³-hybridized carbons (Fsp3) is 0.500. The maximum atomic E-state index is 7.00. The van der Waals surface area contributed by atoms with Crippen LogP contribution in [0, 0.1) is 14.4 Å². The molecule has 0 amide bonds. The average molecular weight is 212 g/mol. The Morgan fingerprint density at radius 3 is 1.75 bits per heavy atom. The van der Waals surface area contributed by atoms with Crippen molar-refractivity contribution >= 4 is 0 Å². The van der Waals surface area contributed by atoms with Crippen LogP contribution in [0.2, 0.25) is 0 Å². The van der Waals surface area contributed by atoms with E-state index in [1.165, 1.54) is 6.26 Å². The Labute approximate surface area is 91.3 Å². The first kappa shape index (κ1) is 29.5. The van der Waals surface area contributed by atoms with Crippen molar-refractivity contribution in [3.63, 3.8) is 0 Å². The summed E-state index contributed by atoms with van der Waals surface area (Å²) in [5.41, 5.74) is 0. The van der Waals surface area contributed by atoms with E-state index in [2.05, 4.69) is 18.2 Å². The van der Waals surface area contributed by atoms with Crippen LogP contribution in [0.15, 0.2) is 12.8 Å². The molecule has 0 bridgehead atoms. The normalized spacial score (nSPS) is 4.75. The number of aliphatic hydroxyl groups is 2. The fourth-order valence-electron chi connectivity index (χ4n) is 0.167. The summed E-state index contributed by atoms with van der Waals surface area (Å²) in [6.45, 7) is 7.58. The van der Waals surface area contributed by atoms with Gasteiger partial charge in [-0.2, -0.15) is 0 Å². The van der Waals surface area contributed by atoms with Gasteiger partial charge in [-0.05, 0) is 0 Å². The van der Waals surface area contributed by atoms with Gasteiger partial charge in [0.1, 0.15) is 0 Å². The maximum Gasteiger partial charge on any atom is 2.00 e. The van der Waals surface area contributed by atoms with Crippen molar-refractivity contribution in [3.05, 3.63) is 27.2 Å². The van der Waals surface area contributed by atoms with E-state index in [1.807, 2.05) is 0 Å². The van der Waals surface area contributed by atoms with E-state index in [1.54, 1.807) is 0 Å². The van der Waals surface area contributed by atoms with Crippen LogP contribution in [-0.2, 0) is 26.5 Å². The van der Waals surface area contributed by atoms with Crippen LogP contribution in [0.3, 0.4) is 0 Å². The van der Waals surface area contributed by atoms with Crippen molar-refractivity contribution in [3.8, 4) is 0 Å². The Balaban J connectivity index is -0.0000000241. The van der Waals surface area contributed by atoms with Gasteiger partial charge in [-0.3, -0.25) is 0 Å². The fourth-order valence-corrected chi connectivity index (χ4v) is 0.167. The van der Waals surface area contributed by atoms with Gasteiger partial charge in [0.2, 0.25) is 0 Å². The second kappa shape index (κ2) is 66.4. The molecule has 0 aliphatic carbocycles. The summed E-state index contributed by atoms with van der Waals surface area (Å²) < 4.78 is 4.68. The molecule has 4 heteroatoms. The van der Waals surface area contributed by atoms with E-state index in [0.717, 1.165) is 20.6 Å². The minimum atomic E-state index is 0. The van der Waals surface area contributed by atoms with Crippen molar-refractivity contribution in [1.82, 2.24) is 0 Å². The smallest absolute Gasteiger partial charge is 0.504 e. The van der Waals surface area contributed by atoms with Crippen LogP contribution in [0.5, 0.6) is 0 Å². The van der Waals surface area contributed by atoms with Crippen LogP contribution in [0.25, 0.3) is 0 Å². The minimum absolute atomic E-state index is 0.